The number of halogens is 2. The van der Waals surface area contributed by atoms with Crippen LogP contribution >= 0.6 is 35.3 Å². The number of guanidine groups is 1. The number of nitrogens with zero attached hydrogens (tertiary/aromatic N) is 4. The molecule has 0 atom stereocenters. The Bertz CT molecular complexity index is 808. The van der Waals surface area contributed by atoms with Crippen molar-refractivity contribution in [3.05, 3.63) is 45.7 Å². The van der Waals surface area contributed by atoms with E-state index in [1.165, 1.54) is 12.0 Å². The van der Waals surface area contributed by atoms with Gasteiger partial charge in [0.25, 0.3) is 0 Å². The first-order valence-electron chi connectivity index (χ1n) is 9.50. The molecule has 1 N–H and O–H groups in total. The monoisotopic (exact) mass is 533 g/mol. The van der Waals surface area contributed by atoms with E-state index in [4.69, 9.17) is 4.74 Å². The summed E-state index contributed by atoms with van der Waals surface area (Å²) in [6.45, 7) is 7.27. The number of piperazine rings is 1. The molecular formula is C20H29FIN5OS. The predicted octanol–water partition coefficient (Wildman–Crippen LogP) is 3.15. The van der Waals surface area contributed by atoms with Gasteiger partial charge in [-0.3, -0.25) is 9.89 Å². The number of methoxy groups -OCH3 is 1. The molecule has 0 radical (unpaired) electrons. The summed E-state index contributed by atoms with van der Waals surface area (Å²) in [6.07, 6.45) is 2.82. The predicted molar refractivity (Wildman–Crippen MR) is 127 cm³/mol. The second-order valence-electron chi connectivity index (χ2n) is 6.82. The van der Waals surface area contributed by atoms with Crippen LogP contribution in [0.4, 0.5) is 4.39 Å². The summed E-state index contributed by atoms with van der Waals surface area (Å²) in [6, 6.07) is 5.18. The third kappa shape index (κ3) is 6.78. The number of benzene rings is 1. The standard InChI is InChI=1S/C20H28FN5OS.HI/c1-15-13-24-19(28-15)6-7-23-20(22-2)26-10-8-25(9-11-26)14-16-4-5-18(27-3)17(21)12-16;/h4-5,12-13H,6-11,14H2,1-3H3,(H,22,23);1H. The number of ether oxygens (including phenoxy) is 1. The summed E-state index contributed by atoms with van der Waals surface area (Å²) in [4.78, 5) is 14.7. The van der Waals surface area contributed by atoms with Crippen molar-refractivity contribution >= 4 is 41.3 Å². The van der Waals surface area contributed by atoms with Crippen molar-refractivity contribution in [3.8, 4) is 5.75 Å². The smallest absolute Gasteiger partial charge is 0.193 e. The number of nitrogens with one attached hydrogen (secondary N) is 1. The van der Waals surface area contributed by atoms with Gasteiger partial charge in [-0.25, -0.2) is 9.37 Å². The fraction of sp³-hybridized carbons (Fsp3) is 0.500. The summed E-state index contributed by atoms with van der Waals surface area (Å²) in [5, 5.41) is 4.59. The average molecular weight is 533 g/mol. The molecule has 6 nitrogen and oxygen atoms in total. The van der Waals surface area contributed by atoms with Crippen molar-refractivity contribution in [2.24, 2.45) is 4.99 Å². The van der Waals surface area contributed by atoms with Gasteiger partial charge in [0.05, 0.1) is 12.1 Å². The van der Waals surface area contributed by atoms with Crippen molar-refractivity contribution in [2.45, 2.75) is 19.9 Å². The topological polar surface area (TPSA) is 53.0 Å². The lowest BCUT2D eigenvalue weighted by atomic mass is 10.2. The zero-order valence-electron chi connectivity index (χ0n) is 17.2. The van der Waals surface area contributed by atoms with E-state index >= 15 is 0 Å². The molecule has 3 rings (SSSR count). The van der Waals surface area contributed by atoms with Crippen LogP contribution in [0.1, 0.15) is 15.4 Å². The van der Waals surface area contributed by atoms with Gasteiger partial charge in [0.2, 0.25) is 0 Å². The molecular weight excluding hydrogens is 504 g/mol. The maximum atomic E-state index is 13.9. The van der Waals surface area contributed by atoms with Crippen molar-refractivity contribution < 1.29 is 9.13 Å². The van der Waals surface area contributed by atoms with E-state index in [1.54, 1.807) is 23.5 Å². The summed E-state index contributed by atoms with van der Waals surface area (Å²) >= 11 is 1.74. The maximum Gasteiger partial charge on any atom is 0.193 e. The molecule has 0 amide bonds. The summed E-state index contributed by atoms with van der Waals surface area (Å²) in [5.74, 6) is 0.915. The highest BCUT2D eigenvalue weighted by Crippen LogP contribution is 2.19. The van der Waals surface area contributed by atoms with Gasteiger partial charge < -0.3 is 15.0 Å². The van der Waals surface area contributed by atoms with Gasteiger partial charge in [-0.2, -0.15) is 0 Å². The van der Waals surface area contributed by atoms with Gasteiger partial charge in [0, 0.05) is 63.8 Å². The molecule has 0 saturated carbocycles. The lowest BCUT2D eigenvalue weighted by Crippen LogP contribution is -2.52. The molecule has 2 aromatic rings. The van der Waals surface area contributed by atoms with E-state index in [9.17, 15) is 4.39 Å². The zero-order valence-corrected chi connectivity index (χ0v) is 20.3. The van der Waals surface area contributed by atoms with Crippen LogP contribution in [0.5, 0.6) is 5.75 Å². The van der Waals surface area contributed by atoms with E-state index in [0.717, 1.165) is 62.2 Å². The molecule has 1 aliphatic rings. The number of aryl methyl sites for hydroxylation is 1. The molecule has 1 fully saturated rings. The molecule has 1 saturated heterocycles. The largest absolute Gasteiger partial charge is 0.494 e. The summed E-state index contributed by atoms with van der Waals surface area (Å²) in [5.41, 5.74) is 0.966. The second-order valence-corrected chi connectivity index (χ2v) is 8.14. The number of rotatable bonds is 6. The van der Waals surface area contributed by atoms with Crippen molar-refractivity contribution in [1.82, 2.24) is 20.1 Å². The van der Waals surface area contributed by atoms with Crippen LogP contribution in [0.15, 0.2) is 29.4 Å². The van der Waals surface area contributed by atoms with Crippen LogP contribution in [0.2, 0.25) is 0 Å². The number of hydrogen-bond donors (Lipinski definition) is 1. The summed E-state index contributed by atoms with van der Waals surface area (Å²) in [7, 11) is 3.30. The minimum atomic E-state index is -0.307. The van der Waals surface area contributed by atoms with Crippen LogP contribution in [0, 0.1) is 12.7 Å². The first kappa shape index (κ1) is 23.8. The van der Waals surface area contributed by atoms with Crippen LogP contribution in [0.3, 0.4) is 0 Å². The van der Waals surface area contributed by atoms with Gasteiger partial charge in [-0.05, 0) is 24.6 Å². The molecule has 160 valence electrons. The van der Waals surface area contributed by atoms with Crippen molar-refractivity contribution in [3.63, 3.8) is 0 Å². The summed E-state index contributed by atoms with van der Waals surface area (Å²) < 4.78 is 18.9. The second kappa shape index (κ2) is 11.7. The van der Waals surface area contributed by atoms with Gasteiger partial charge in [-0.1, -0.05) is 6.07 Å². The molecule has 29 heavy (non-hydrogen) atoms. The minimum absolute atomic E-state index is 0. The Labute approximate surface area is 193 Å². The first-order valence-corrected chi connectivity index (χ1v) is 10.3. The Kier molecular flexibility index (Phi) is 9.57. The van der Waals surface area contributed by atoms with Gasteiger partial charge in [0.1, 0.15) is 0 Å². The molecule has 0 aliphatic carbocycles. The van der Waals surface area contributed by atoms with E-state index in [0.29, 0.717) is 0 Å². The quantitative estimate of drug-likeness (QED) is 0.352. The van der Waals surface area contributed by atoms with E-state index in [-0.39, 0.29) is 35.5 Å². The highest BCUT2D eigenvalue weighted by molar-refractivity contribution is 14.0. The fourth-order valence-electron chi connectivity index (χ4n) is 3.31. The zero-order chi connectivity index (χ0) is 19.9. The number of thiazole rings is 1. The molecule has 1 aliphatic heterocycles. The molecule has 1 aromatic heterocycles. The molecule has 0 bridgehead atoms. The molecule has 0 unspecified atom stereocenters. The maximum absolute atomic E-state index is 13.9. The van der Waals surface area contributed by atoms with E-state index in [2.05, 4.69) is 32.0 Å². The first-order chi connectivity index (χ1) is 13.6. The lowest BCUT2D eigenvalue weighted by molar-refractivity contribution is 0.172. The normalized spacial score (nSPS) is 15.2. The number of aliphatic imine (C=N–C) groups is 1. The SMILES string of the molecule is CN=C(NCCc1ncc(C)s1)N1CCN(Cc2ccc(OC)c(F)c2)CC1.I. The van der Waals surface area contributed by atoms with Crippen molar-refractivity contribution in [2.75, 3.05) is 46.9 Å². The minimum Gasteiger partial charge on any atom is -0.494 e. The molecule has 2 heterocycles. The Morgan fingerprint density at radius 2 is 2.07 bits per heavy atom. The van der Waals surface area contributed by atoms with Gasteiger partial charge >= 0.3 is 0 Å². The van der Waals surface area contributed by atoms with E-state index < -0.39 is 0 Å². The van der Waals surface area contributed by atoms with Gasteiger partial charge in [0.15, 0.2) is 17.5 Å². The Balaban J connectivity index is 0.00000300. The molecule has 1 aromatic carbocycles. The van der Waals surface area contributed by atoms with Crippen LogP contribution in [-0.2, 0) is 13.0 Å². The molecule has 0 spiro atoms. The number of aromatic nitrogens is 1. The third-order valence-electron chi connectivity index (χ3n) is 4.80. The highest BCUT2D eigenvalue weighted by atomic mass is 127. The van der Waals surface area contributed by atoms with Crippen LogP contribution < -0.4 is 10.1 Å². The Morgan fingerprint density at radius 1 is 1.31 bits per heavy atom. The third-order valence-corrected chi connectivity index (χ3v) is 5.77. The number of hydrogen-bond acceptors (Lipinski definition) is 5. The Hall–Kier alpha value is -1.46. The fourth-order valence-corrected chi connectivity index (χ4v) is 4.10. The van der Waals surface area contributed by atoms with Gasteiger partial charge in [-0.15, -0.1) is 35.3 Å². The van der Waals surface area contributed by atoms with Crippen molar-refractivity contribution in [1.29, 1.82) is 0 Å². The average Bonchev–Trinajstić information content (AvgIpc) is 3.11. The highest BCUT2D eigenvalue weighted by Gasteiger charge is 2.20. The van der Waals surface area contributed by atoms with Crippen LogP contribution in [-0.4, -0.2) is 67.6 Å². The van der Waals surface area contributed by atoms with Crippen LogP contribution in [0.25, 0.3) is 0 Å². The molecule has 9 heteroatoms. The Morgan fingerprint density at radius 3 is 2.66 bits per heavy atom. The lowest BCUT2D eigenvalue weighted by Gasteiger charge is -2.36. The van der Waals surface area contributed by atoms with E-state index in [1.807, 2.05) is 19.3 Å².